The van der Waals surface area contributed by atoms with Crippen LogP contribution < -0.4 is 0 Å². The van der Waals surface area contributed by atoms with Crippen LogP contribution in [0.25, 0.3) is 0 Å². The third-order valence-electron chi connectivity index (χ3n) is 6.86. The summed E-state index contributed by atoms with van der Waals surface area (Å²) in [5, 5.41) is 0. The van der Waals surface area contributed by atoms with Gasteiger partial charge in [0.05, 0.1) is 0 Å². The summed E-state index contributed by atoms with van der Waals surface area (Å²) in [4.78, 5) is 0. The Morgan fingerprint density at radius 1 is 1.27 bits per heavy atom. The van der Waals surface area contributed by atoms with Crippen LogP contribution in [0.15, 0.2) is 49.1 Å². The molecule has 0 amide bonds. The molecular weight excluding hydrogens is 418 g/mol. The Labute approximate surface area is 202 Å². The van der Waals surface area contributed by atoms with Gasteiger partial charge in [0.25, 0.3) is 0 Å². The molecular formula is C26H43NOSiTi. The van der Waals surface area contributed by atoms with E-state index in [-0.39, 0.29) is 38.1 Å². The third kappa shape index (κ3) is 6.61. The summed E-state index contributed by atoms with van der Waals surface area (Å²) in [6, 6.07) is 9.03. The third-order valence-corrected chi connectivity index (χ3v) is 8.41. The minimum atomic E-state index is -1.69. The zero-order chi connectivity index (χ0) is 22.3. The van der Waals surface area contributed by atoms with Crippen LogP contribution in [0.1, 0.15) is 78.4 Å². The number of benzene rings is 1. The SMILES string of the molecule is C=CC=CC.CCCCC1(CC(C)(C)N(C)[Si](C)=O)c2ccccc2CC1(C)C.[Ti]. The Balaban J connectivity index is 0.00000125. The van der Waals surface area contributed by atoms with E-state index in [1.165, 1.54) is 24.8 Å². The predicted octanol–water partition coefficient (Wildman–Crippen LogP) is 7.09. The molecule has 0 bridgehead atoms. The molecule has 0 N–H and O–H groups in total. The Morgan fingerprint density at radius 3 is 2.33 bits per heavy atom. The van der Waals surface area contributed by atoms with E-state index in [9.17, 15) is 4.46 Å². The van der Waals surface area contributed by atoms with E-state index < -0.39 is 8.84 Å². The van der Waals surface area contributed by atoms with Gasteiger partial charge in [0.2, 0.25) is 0 Å². The molecule has 166 valence electrons. The molecule has 0 aliphatic heterocycles. The maximum atomic E-state index is 12.2. The van der Waals surface area contributed by atoms with E-state index in [1.807, 2.05) is 32.7 Å². The fourth-order valence-corrected chi connectivity index (χ4v) is 5.88. The molecule has 0 fully saturated rings. The molecule has 0 aromatic heterocycles. The summed E-state index contributed by atoms with van der Waals surface area (Å²) >= 11 is 0. The van der Waals surface area contributed by atoms with Crippen LogP contribution in [-0.2, 0) is 38.0 Å². The summed E-state index contributed by atoms with van der Waals surface area (Å²) in [6.45, 7) is 19.0. The molecule has 30 heavy (non-hydrogen) atoms. The molecule has 1 unspecified atom stereocenters. The van der Waals surface area contributed by atoms with Crippen molar-refractivity contribution in [2.75, 3.05) is 7.05 Å². The Morgan fingerprint density at radius 2 is 1.87 bits per heavy atom. The Hall–Kier alpha value is -0.769. The van der Waals surface area contributed by atoms with Crippen LogP contribution in [0, 0.1) is 5.41 Å². The summed E-state index contributed by atoms with van der Waals surface area (Å²) in [7, 11) is 0.343. The van der Waals surface area contributed by atoms with Gasteiger partial charge in [-0.05, 0) is 63.1 Å². The van der Waals surface area contributed by atoms with Gasteiger partial charge in [-0.3, -0.25) is 0 Å². The number of unbranched alkanes of at least 4 members (excludes halogenated alkanes) is 1. The number of hydrogen-bond acceptors (Lipinski definition) is 1. The smallest absolute Gasteiger partial charge is 0.375 e. The second-order valence-electron chi connectivity index (χ2n) is 9.73. The number of nitrogens with zero attached hydrogens (tertiary/aromatic N) is 1. The molecule has 0 radical (unpaired) electrons. The van der Waals surface area contributed by atoms with Crippen LogP contribution >= 0.6 is 0 Å². The number of allylic oxidation sites excluding steroid dienone is 3. The van der Waals surface area contributed by atoms with Crippen molar-refractivity contribution < 1.29 is 26.2 Å². The average Bonchev–Trinajstić information content (AvgIpc) is 2.86. The van der Waals surface area contributed by atoms with Crippen molar-refractivity contribution in [3.05, 3.63) is 60.2 Å². The summed E-state index contributed by atoms with van der Waals surface area (Å²) in [5.74, 6) is 0. The molecule has 0 saturated heterocycles. The fourth-order valence-electron chi connectivity index (χ4n) is 4.95. The first-order chi connectivity index (χ1) is 13.5. The van der Waals surface area contributed by atoms with E-state index >= 15 is 0 Å². The Bertz CT molecular complexity index is 725. The van der Waals surface area contributed by atoms with Crippen LogP contribution in [-0.4, -0.2) is 26.0 Å². The van der Waals surface area contributed by atoms with Crippen LogP contribution in [0.3, 0.4) is 0 Å². The summed E-state index contributed by atoms with van der Waals surface area (Å²) in [5.41, 5.74) is 3.37. The fraction of sp³-hybridized carbons (Fsp3) is 0.615. The number of fused-ring (bicyclic) bond motifs is 1. The molecule has 0 saturated carbocycles. The van der Waals surface area contributed by atoms with Crippen LogP contribution in [0.5, 0.6) is 0 Å². The van der Waals surface area contributed by atoms with Crippen molar-refractivity contribution in [2.45, 2.75) is 91.1 Å². The maximum absolute atomic E-state index is 12.2. The van der Waals surface area contributed by atoms with E-state index in [4.69, 9.17) is 0 Å². The second-order valence-corrected chi connectivity index (χ2v) is 11.4. The zero-order valence-electron chi connectivity index (χ0n) is 20.6. The molecule has 2 nitrogen and oxygen atoms in total. The summed E-state index contributed by atoms with van der Waals surface area (Å²) in [6.07, 6.45) is 11.5. The number of rotatable bonds is 8. The van der Waals surface area contributed by atoms with Gasteiger partial charge >= 0.3 is 8.84 Å². The molecule has 1 aromatic carbocycles. The number of hydrogen-bond donors (Lipinski definition) is 0. The summed E-state index contributed by atoms with van der Waals surface area (Å²) < 4.78 is 14.3. The van der Waals surface area contributed by atoms with Crippen molar-refractivity contribution >= 4 is 8.84 Å². The largest absolute Gasteiger partial charge is 0.391 e. The van der Waals surface area contributed by atoms with E-state index in [1.54, 1.807) is 11.6 Å². The monoisotopic (exact) mass is 461 g/mol. The molecule has 1 aliphatic carbocycles. The van der Waals surface area contributed by atoms with Gasteiger partial charge in [-0.25, -0.2) is 0 Å². The maximum Gasteiger partial charge on any atom is 0.391 e. The van der Waals surface area contributed by atoms with Gasteiger partial charge in [0.1, 0.15) is 0 Å². The van der Waals surface area contributed by atoms with Crippen LogP contribution in [0.2, 0.25) is 6.55 Å². The van der Waals surface area contributed by atoms with E-state index in [0.717, 1.165) is 12.8 Å². The van der Waals surface area contributed by atoms with E-state index in [2.05, 4.69) is 70.0 Å². The first-order valence-corrected chi connectivity index (χ1v) is 12.9. The molecule has 1 aromatic rings. The van der Waals surface area contributed by atoms with Gasteiger partial charge < -0.3 is 9.03 Å². The van der Waals surface area contributed by atoms with Crippen molar-refractivity contribution in [1.29, 1.82) is 0 Å². The first kappa shape index (κ1) is 29.2. The van der Waals surface area contributed by atoms with Gasteiger partial charge in [0, 0.05) is 39.7 Å². The quantitative estimate of drug-likeness (QED) is 0.304. The van der Waals surface area contributed by atoms with Crippen molar-refractivity contribution in [1.82, 2.24) is 4.57 Å². The van der Waals surface area contributed by atoms with Crippen LogP contribution in [0.4, 0.5) is 0 Å². The minimum absolute atomic E-state index is 0. The van der Waals surface area contributed by atoms with Crippen molar-refractivity contribution in [2.24, 2.45) is 5.41 Å². The van der Waals surface area contributed by atoms with Crippen molar-refractivity contribution in [3.63, 3.8) is 0 Å². The first-order valence-electron chi connectivity index (χ1n) is 11.1. The molecule has 0 heterocycles. The van der Waals surface area contributed by atoms with Gasteiger partial charge in [-0.2, -0.15) is 0 Å². The molecule has 0 spiro atoms. The molecule has 1 aliphatic rings. The topological polar surface area (TPSA) is 20.3 Å². The van der Waals surface area contributed by atoms with Gasteiger partial charge in [-0.15, -0.1) is 0 Å². The van der Waals surface area contributed by atoms with Crippen molar-refractivity contribution in [3.8, 4) is 0 Å². The predicted molar refractivity (Wildman–Crippen MR) is 129 cm³/mol. The zero-order valence-corrected chi connectivity index (χ0v) is 23.2. The standard InChI is InChI=1S/C21H35NOSi.C5H8.Ti/c1-8-9-14-21(16-20(4,5)22(6)24(7)23)18-13-11-10-12-17(18)15-19(21,2)3;1-3-5-4-2;/h10-13H,8-9,14-16H2,1-7H3;3-5H,1H2,2H3;. The normalized spacial score (nSPS) is 19.3. The molecule has 4 heteroatoms. The van der Waals surface area contributed by atoms with Gasteiger partial charge in [0.15, 0.2) is 0 Å². The molecule has 1 atom stereocenters. The average molecular weight is 462 g/mol. The van der Waals surface area contributed by atoms with E-state index in [0.29, 0.717) is 0 Å². The van der Waals surface area contributed by atoms with Gasteiger partial charge in [-0.1, -0.05) is 82.7 Å². The minimum Gasteiger partial charge on any atom is -0.375 e. The second kappa shape index (κ2) is 12.3. The molecule has 2 rings (SSSR count). The Kier molecular flexibility index (Phi) is 12.0.